The van der Waals surface area contributed by atoms with Gasteiger partial charge in [0.2, 0.25) is 0 Å². The largest absolute Gasteiger partial charge is 0.346 e. The summed E-state index contributed by atoms with van der Waals surface area (Å²) in [4.78, 5) is 24.0. The molecule has 1 aliphatic rings. The van der Waals surface area contributed by atoms with E-state index < -0.39 is 0 Å². The molecule has 2 rings (SSSR count). The molecule has 1 saturated heterocycles. The minimum atomic E-state index is 0.167. The minimum Gasteiger partial charge on any atom is -0.346 e. The number of hydrogen-bond acceptors (Lipinski definition) is 6. The number of aryl methyl sites for hydroxylation is 1. The first-order chi connectivity index (χ1) is 8.97. The second-order valence-electron chi connectivity index (χ2n) is 5.36. The van der Waals surface area contributed by atoms with Crippen molar-refractivity contribution < 1.29 is 4.79 Å². The van der Waals surface area contributed by atoms with Gasteiger partial charge in [-0.05, 0) is 28.1 Å². The molecule has 0 aliphatic carbocycles. The van der Waals surface area contributed by atoms with E-state index in [1.807, 2.05) is 25.9 Å². The Balaban J connectivity index is 2.10. The summed E-state index contributed by atoms with van der Waals surface area (Å²) in [5.41, 5.74) is 0.866. The molecule has 2 heterocycles. The van der Waals surface area contributed by atoms with E-state index in [-0.39, 0.29) is 5.78 Å². The molecule has 19 heavy (non-hydrogen) atoms. The van der Waals surface area contributed by atoms with Crippen LogP contribution < -0.4 is 4.90 Å². The second-order valence-corrected chi connectivity index (χ2v) is 6.34. The van der Waals surface area contributed by atoms with Crippen LogP contribution in [0, 0.1) is 6.92 Å². The van der Waals surface area contributed by atoms with Crippen LogP contribution in [0.25, 0.3) is 0 Å². The van der Waals surface area contributed by atoms with Crippen LogP contribution in [0.3, 0.4) is 0 Å². The highest BCUT2D eigenvalue weighted by atomic mass is 32.1. The zero-order chi connectivity index (χ0) is 14.0. The number of carbonyl (C=O) groups excluding carboxylic acids is 1. The van der Waals surface area contributed by atoms with E-state index in [9.17, 15) is 4.79 Å². The summed E-state index contributed by atoms with van der Waals surface area (Å²) in [6.07, 6.45) is 0. The molecule has 1 aliphatic heterocycles. The van der Waals surface area contributed by atoms with Crippen molar-refractivity contribution in [2.24, 2.45) is 0 Å². The highest BCUT2D eigenvalue weighted by Gasteiger charge is 2.21. The first-order valence-corrected chi connectivity index (χ1v) is 7.38. The summed E-state index contributed by atoms with van der Waals surface area (Å²) < 4.78 is 0. The van der Waals surface area contributed by atoms with Crippen LogP contribution in [0.1, 0.15) is 15.4 Å². The maximum absolute atomic E-state index is 12.1. The van der Waals surface area contributed by atoms with Crippen LogP contribution in [-0.4, -0.2) is 74.4 Å². The molecule has 1 fully saturated rings. The lowest BCUT2D eigenvalue weighted by atomic mass is 10.3. The molecule has 0 saturated carbocycles. The van der Waals surface area contributed by atoms with Crippen molar-refractivity contribution in [2.75, 3.05) is 58.8 Å². The van der Waals surface area contributed by atoms with E-state index in [4.69, 9.17) is 0 Å². The highest BCUT2D eigenvalue weighted by Crippen LogP contribution is 2.27. The average Bonchev–Trinajstić information content (AvgIpc) is 2.71. The summed E-state index contributed by atoms with van der Waals surface area (Å²) in [5.74, 6) is 0.167. The molecule has 0 spiro atoms. The first-order valence-electron chi connectivity index (χ1n) is 6.56. The molecule has 0 atom stereocenters. The lowest BCUT2D eigenvalue weighted by molar-refractivity contribution is 0.0961. The highest BCUT2D eigenvalue weighted by molar-refractivity contribution is 7.17. The number of Topliss-reactive ketones (excluding diaryl/α,β-unsaturated/α-hetero) is 1. The Morgan fingerprint density at radius 3 is 2.53 bits per heavy atom. The van der Waals surface area contributed by atoms with Gasteiger partial charge in [0.1, 0.15) is 0 Å². The lowest BCUT2D eigenvalue weighted by Crippen LogP contribution is -2.44. The van der Waals surface area contributed by atoms with Gasteiger partial charge in [0.15, 0.2) is 10.9 Å². The number of aromatic nitrogens is 1. The van der Waals surface area contributed by atoms with Crippen LogP contribution in [0.4, 0.5) is 5.13 Å². The maximum Gasteiger partial charge on any atom is 0.188 e. The van der Waals surface area contributed by atoms with Gasteiger partial charge in [0, 0.05) is 26.2 Å². The van der Waals surface area contributed by atoms with Gasteiger partial charge >= 0.3 is 0 Å². The first kappa shape index (κ1) is 14.4. The molecule has 106 valence electrons. The topological polar surface area (TPSA) is 39.7 Å². The molecule has 0 radical (unpaired) electrons. The number of carbonyl (C=O) groups is 1. The van der Waals surface area contributed by atoms with Gasteiger partial charge in [-0.1, -0.05) is 11.3 Å². The fourth-order valence-electron chi connectivity index (χ4n) is 2.13. The maximum atomic E-state index is 12.1. The zero-order valence-electron chi connectivity index (χ0n) is 12.1. The third-order valence-electron chi connectivity index (χ3n) is 3.27. The number of ketones is 1. The Labute approximate surface area is 118 Å². The normalized spacial score (nSPS) is 17.2. The fraction of sp³-hybridized carbons (Fsp3) is 0.692. The third kappa shape index (κ3) is 3.52. The Morgan fingerprint density at radius 1 is 1.32 bits per heavy atom. The zero-order valence-corrected chi connectivity index (χ0v) is 13.0. The van der Waals surface area contributed by atoms with Gasteiger partial charge < -0.3 is 14.7 Å². The smallest absolute Gasteiger partial charge is 0.188 e. The third-order valence-corrected chi connectivity index (χ3v) is 4.53. The van der Waals surface area contributed by atoms with Crippen LogP contribution in [0.2, 0.25) is 0 Å². The van der Waals surface area contributed by atoms with Gasteiger partial charge in [-0.2, -0.15) is 0 Å². The van der Waals surface area contributed by atoms with Gasteiger partial charge in [0.05, 0.1) is 17.1 Å². The predicted octanol–water partition coefficient (Wildman–Crippen LogP) is 0.948. The van der Waals surface area contributed by atoms with Crippen LogP contribution >= 0.6 is 11.3 Å². The van der Waals surface area contributed by atoms with Crippen molar-refractivity contribution in [2.45, 2.75) is 6.92 Å². The van der Waals surface area contributed by atoms with E-state index in [0.29, 0.717) is 6.54 Å². The number of piperazine rings is 1. The number of thiazole rings is 1. The second kappa shape index (κ2) is 5.98. The number of nitrogens with zero attached hydrogens (tertiary/aromatic N) is 4. The predicted molar refractivity (Wildman–Crippen MR) is 79.4 cm³/mol. The number of rotatable bonds is 4. The summed E-state index contributed by atoms with van der Waals surface area (Å²) in [6, 6.07) is 0. The molecule has 6 heteroatoms. The van der Waals surface area contributed by atoms with E-state index in [1.165, 1.54) is 11.3 Å². The van der Waals surface area contributed by atoms with Gasteiger partial charge in [-0.3, -0.25) is 4.79 Å². The van der Waals surface area contributed by atoms with E-state index >= 15 is 0 Å². The quantitative estimate of drug-likeness (QED) is 0.769. The summed E-state index contributed by atoms with van der Waals surface area (Å²) in [7, 11) is 5.96. The van der Waals surface area contributed by atoms with Gasteiger partial charge in [0.25, 0.3) is 0 Å². The van der Waals surface area contributed by atoms with Gasteiger partial charge in [-0.15, -0.1) is 0 Å². The van der Waals surface area contributed by atoms with Crippen LogP contribution in [0.15, 0.2) is 0 Å². The number of hydrogen-bond donors (Lipinski definition) is 0. The molecule has 0 amide bonds. The van der Waals surface area contributed by atoms with Crippen molar-refractivity contribution in [3.05, 3.63) is 10.6 Å². The summed E-state index contributed by atoms with van der Waals surface area (Å²) in [5, 5.41) is 0.993. The lowest BCUT2D eigenvalue weighted by Gasteiger charge is -2.32. The van der Waals surface area contributed by atoms with E-state index in [1.54, 1.807) is 0 Å². The fourth-order valence-corrected chi connectivity index (χ4v) is 3.18. The molecule has 1 aromatic rings. The van der Waals surface area contributed by atoms with E-state index in [2.05, 4.69) is 21.8 Å². The van der Waals surface area contributed by atoms with Crippen molar-refractivity contribution in [1.82, 2.24) is 14.8 Å². The molecular weight excluding hydrogens is 260 g/mol. The molecule has 1 aromatic heterocycles. The van der Waals surface area contributed by atoms with Crippen LogP contribution in [0.5, 0.6) is 0 Å². The molecule has 0 aromatic carbocycles. The standard InChI is InChI=1S/C13H22N4OS/c1-10-12(11(18)9-15(2)3)19-13(14-10)17-7-5-16(4)6-8-17/h5-9H2,1-4H3. The SMILES string of the molecule is Cc1nc(N2CCN(C)CC2)sc1C(=O)CN(C)C. The average molecular weight is 282 g/mol. The number of likely N-dealkylation sites (N-methyl/N-ethyl adjacent to an activating group) is 2. The molecule has 0 bridgehead atoms. The number of anilines is 1. The monoisotopic (exact) mass is 282 g/mol. The molecular formula is C13H22N4OS. The Morgan fingerprint density at radius 2 is 1.95 bits per heavy atom. The minimum absolute atomic E-state index is 0.167. The van der Waals surface area contributed by atoms with Crippen molar-refractivity contribution in [3.8, 4) is 0 Å². The molecule has 5 nitrogen and oxygen atoms in total. The summed E-state index contributed by atoms with van der Waals surface area (Å²) >= 11 is 1.54. The Hall–Kier alpha value is -0.980. The molecule has 0 unspecified atom stereocenters. The Kier molecular flexibility index (Phi) is 4.54. The van der Waals surface area contributed by atoms with Gasteiger partial charge in [-0.25, -0.2) is 4.98 Å². The van der Waals surface area contributed by atoms with Crippen LogP contribution in [-0.2, 0) is 0 Å². The summed E-state index contributed by atoms with van der Waals surface area (Å²) in [6.45, 7) is 6.47. The molecule has 0 N–H and O–H groups in total. The van der Waals surface area contributed by atoms with E-state index in [0.717, 1.165) is 41.9 Å². The van der Waals surface area contributed by atoms with Crippen molar-refractivity contribution >= 4 is 22.3 Å². The Bertz CT molecular complexity index is 449. The van der Waals surface area contributed by atoms with Crippen molar-refractivity contribution in [1.29, 1.82) is 0 Å². The van der Waals surface area contributed by atoms with Crippen molar-refractivity contribution in [3.63, 3.8) is 0 Å².